The molecule has 3 nitrogen and oxygen atoms in total. The lowest BCUT2D eigenvalue weighted by Crippen LogP contribution is -1.92. The molecule has 1 aliphatic rings. The van der Waals surface area contributed by atoms with E-state index in [4.69, 9.17) is 4.63 Å². The normalized spacial score (nSPS) is 13.8. The molecule has 3 aromatic rings. The Balaban J connectivity index is 1.87. The molecule has 1 aliphatic carbocycles. The summed E-state index contributed by atoms with van der Waals surface area (Å²) in [5.41, 5.74) is 6.37. The van der Waals surface area contributed by atoms with E-state index < -0.39 is 0 Å². The van der Waals surface area contributed by atoms with Gasteiger partial charge in [0.15, 0.2) is 0 Å². The molecule has 0 radical (unpaired) electrons. The highest BCUT2D eigenvalue weighted by Gasteiger charge is 2.17. The minimum absolute atomic E-state index is 0.718. The molecule has 0 amide bonds. The van der Waals surface area contributed by atoms with Crippen LogP contribution < -0.4 is 0 Å². The molecule has 0 saturated carbocycles. The molecule has 106 valence electrons. The minimum Gasteiger partial charge on any atom is -0.244 e. The van der Waals surface area contributed by atoms with Crippen LogP contribution in [0.25, 0.3) is 17.2 Å². The summed E-state index contributed by atoms with van der Waals surface area (Å²) in [6, 6.07) is 20.7. The van der Waals surface area contributed by atoms with Gasteiger partial charge in [0.25, 0.3) is 0 Å². The fraction of sp³-hybridized carbons (Fsp3) is 0.0526. The molecule has 22 heavy (non-hydrogen) atoms. The van der Waals surface area contributed by atoms with Crippen molar-refractivity contribution in [2.24, 2.45) is 0 Å². The van der Waals surface area contributed by atoms with Crippen LogP contribution in [-0.2, 0) is 6.42 Å². The first kappa shape index (κ1) is 12.8. The van der Waals surface area contributed by atoms with Crippen LogP contribution in [-0.4, -0.2) is 10.3 Å². The van der Waals surface area contributed by atoms with Gasteiger partial charge < -0.3 is 0 Å². The van der Waals surface area contributed by atoms with Crippen LogP contribution in [0, 0.1) is 0 Å². The summed E-state index contributed by atoms with van der Waals surface area (Å²) in [4.78, 5) is 0. The fourth-order valence-electron chi connectivity index (χ4n) is 2.69. The molecule has 0 unspecified atom stereocenters. The SMILES string of the molecule is C1=C(c2ccccc2)C=C(c2ccccc2)Cc2nonc21. The van der Waals surface area contributed by atoms with Crippen LogP contribution in [0.1, 0.15) is 22.5 Å². The Kier molecular flexibility index (Phi) is 3.16. The average Bonchev–Trinajstić information content (AvgIpc) is 2.94. The number of benzene rings is 2. The summed E-state index contributed by atoms with van der Waals surface area (Å²) in [6.45, 7) is 0. The Bertz CT molecular complexity index is 845. The van der Waals surface area contributed by atoms with Gasteiger partial charge in [-0.15, -0.1) is 0 Å². The van der Waals surface area contributed by atoms with Gasteiger partial charge in [-0.1, -0.05) is 77.1 Å². The lowest BCUT2D eigenvalue weighted by Gasteiger charge is -2.07. The molecular formula is C19H14N2O. The minimum atomic E-state index is 0.718. The molecular weight excluding hydrogens is 272 g/mol. The monoisotopic (exact) mass is 286 g/mol. The van der Waals surface area contributed by atoms with Crippen molar-refractivity contribution in [3.8, 4) is 0 Å². The lowest BCUT2D eigenvalue weighted by atomic mass is 9.98. The molecule has 4 rings (SSSR count). The van der Waals surface area contributed by atoms with E-state index in [1.807, 2.05) is 30.3 Å². The zero-order chi connectivity index (χ0) is 14.8. The topological polar surface area (TPSA) is 38.9 Å². The Morgan fingerprint density at radius 3 is 2.14 bits per heavy atom. The van der Waals surface area contributed by atoms with Crippen LogP contribution in [0.15, 0.2) is 71.4 Å². The van der Waals surface area contributed by atoms with E-state index in [9.17, 15) is 0 Å². The zero-order valence-electron chi connectivity index (χ0n) is 11.9. The van der Waals surface area contributed by atoms with Crippen molar-refractivity contribution < 1.29 is 4.63 Å². The first-order chi connectivity index (χ1) is 10.9. The molecule has 3 heteroatoms. The van der Waals surface area contributed by atoms with Gasteiger partial charge in [0.1, 0.15) is 11.4 Å². The Hall–Kier alpha value is -2.94. The molecule has 0 atom stereocenters. The number of nitrogens with zero attached hydrogens (tertiary/aromatic N) is 2. The zero-order valence-corrected chi connectivity index (χ0v) is 11.9. The van der Waals surface area contributed by atoms with Crippen molar-refractivity contribution in [1.82, 2.24) is 10.3 Å². The second kappa shape index (κ2) is 5.45. The quantitative estimate of drug-likeness (QED) is 0.707. The molecule has 1 aromatic heterocycles. The van der Waals surface area contributed by atoms with Crippen molar-refractivity contribution in [1.29, 1.82) is 0 Å². The van der Waals surface area contributed by atoms with Crippen LogP contribution in [0.5, 0.6) is 0 Å². The summed E-state index contributed by atoms with van der Waals surface area (Å²) in [6.07, 6.45) is 4.97. The summed E-state index contributed by atoms with van der Waals surface area (Å²) < 4.78 is 4.92. The highest BCUT2D eigenvalue weighted by atomic mass is 16.6. The predicted molar refractivity (Wildman–Crippen MR) is 86.7 cm³/mol. The van der Waals surface area contributed by atoms with E-state index in [0.29, 0.717) is 0 Å². The van der Waals surface area contributed by atoms with Gasteiger partial charge in [0, 0.05) is 6.42 Å². The first-order valence-electron chi connectivity index (χ1n) is 7.25. The van der Waals surface area contributed by atoms with E-state index in [1.165, 1.54) is 11.1 Å². The second-order valence-corrected chi connectivity index (χ2v) is 5.27. The molecule has 0 aliphatic heterocycles. The first-order valence-corrected chi connectivity index (χ1v) is 7.25. The van der Waals surface area contributed by atoms with Crippen LogP contribution >= 0.6 is 0 Å². The number of fused-ring (bicyclic) bond motifs is 1. The number of hydrogen-bond donors (Lipinski definition) is 0. The van der Waals surface area contributed by atoms with Crippen LogP contribution in [0.4, 0.5) is 0 Å². The third-order valence-corrected chi connectivity index (χ3v) is 3.82. The summed E-state index contributed by atoms with van der Waals surface area (Å²) in [7, 11) is 0. The van der Waals surface area contributed by atoms with Crippen LogP contribution in [0.3, 0.4) is 0 Å². The van der Waals surface area contributed by atoms with Gasteiger partial charge in [-0.05, 0) is 28.3 Å². The number of rotatable bonds is 2. The maximum Gasteiger partial charge on any atom is 0.132 e. The average molecular weight is 286 g/mol. The predicted octanol–water partition coefficient (Wildman–Crippen LogP) is 4.25. The van der Waals surface area contributed by atoms with Gasteiger partial charge >= 0.3 is 0 Å². The Morgan fingerprint density at radius 2 is 1.41 bits per heavy atom. The summed E-state index contributed by atoms with van der Waals surface area (Å²) in [5.74, 6) is 0. The molecule has 1 heterocycles. The molecule has 0 spiro atoms. The second-order valence-electron chi connectivity index (χ2n) is 5.27. The van der Waals surface area contributed by atoms with E-state index >= 15 is 0 Å². The summed E-state index contributed by atoms with van der Waals surface area (Å²) >= 11 is 0. The highest BCUT2D eigenvalue weighted by Crippen LogP contribution is 2.30. The molecule has 0 bridgehead atoms. The smallest absolute Gasteiger partial charge is 0.132 e. The van der Waals surface area contributed by atoms with Crippen molar-refractivity contribution in [3.63, 3.8) is 0 Å². The van der Waals surface area contributed by atoms with E-state index in [-0.39, 0.29) is 0 Å². The standard InChI is InChI=1S/C19H14N2O/c1-3-7-14(8-4-1)16-11-17(15-9-5-2-6-10-15)13-19-18(12-16)20-22-21-19/h1-12H,13H2. The number of allylic oxidation sites excluding steroid dienone is 3. The third-order valence-electron chi connectivity index (χ3n) is 3.82. The van der Waals surface area contributed by atoms with E-state index in [0.717, 1.165) is 28.9 Å². The Morgan fingerprint density at radius 1 is 0.727 bits per heavy atom. The van der Waals surface area contributed by atoms with Gasteiger partial charge in [0.05, 0.1) is 0 Å². The van der Waals surface area contributed by atoms with Crippen molar-refractivity contribution in [3.05, 3.63) is 89.3 Å². The maximum atomic E-state index is 4.92. The molecule has 0 fully saturated rings. The van der Waals surface area contributed by atoms with Crippen LogP contribution in [0.2, 0.25) is 0 Å². The highest BCUT2D eigenvalue weighted by molar-refractivity contribution is 5.94. The maximum absolute atomic E-state index is 4.92. The van der Waals surface area contributed by atoms with Gasteiger partial charge in [-0.25, -0.2) is 4.63 Å². The lowest BCUT2D eigenvalue weighted by molar-refractivity contribution is 0.303. The third kappa shape index (κ3) is 2.37. The van der Waals surface area contributed by atoms with Crippen molar-refractivity contribution in [2.45, 2.75) is 6.42 Å². The molecule has 0 N–H and O–H groups in total. The fourth-order valence-corrected chi connectivity index (χ4v) is 2.69. The molecule has 2 aromatic carbocycles. The van der Waals surface area contributed by atoms with Gasteiger partial charge in [0.2, 0.25) is 0 Å². The van der Waals surface area contributed by atoms with Crippen molar-refractivity contribution >= 4 is 17.2 Å². The van der Waals surface area contributed by atoms with Gasteiger partial charge in [-0.3, -0.25) is 0 Å². The number of hydrogen-bond acceptors (Lipinski definition) is 3. The van der Waals surface area contributed by atoms with Crippen molar-refractivity contribution in [2.75, 3.05) is 0 Å². The van der Waals surface area contributed by atoms with Gasteiger partial charge in [-0.2, -0.15) is 0 Å². The van der Waals surface area contributed by atoms with E-state index in [2.05, 4.69) is 52.8 Å². The summed E-state index contributed by atoms with van der Waals surface area (Å²) in [5, 5.41) is 8.07. The number of aromatic nitrogens is 2. The van der Waals surface area contributed by atoms with E-state index in [1.54, 1.807) is 0 Å². The Labute approximate surface area is 128 Å². The largest absolute Gasteiger partial charge is 0.244 e. The molecule has 0 saturated heterocycles.